The first-order chi connectivity index (χ1) is 8.74. The van der Waals surface area contributed by atoms with Crippen LogP contribution in [0.25, 0.3) is 0 Å². The molecule has 96 valence electrons. The number of rotatable bonds is 5. The van der Waals surface area contributed by atoms with Crippen LogP contribution in [-0.2, 0) is 0 Å². The second-order valence-corrected chi connectivity index (χ2v) is 6.48. The van der Waals surface area contributed by atoms with Gasteiger partial charge in [0.15, 0.2) is 0 Å². The number of hydrogen-bond donors (Lipinski definition) is 2. The lowest BCUT2D eigenvalue weighted by Crippen LogP contribution is -2.28. The van der Waals surface area contributed by atoms with Crippen molar-refractivity contribution >= 4 is 33.9 Å². The monoisotopic (exact) mass is 375 g/mol. The van der Waals surface area contributed by atoms with Crippen molar-refractivity contribution in [2.24, 2.45) is 5.84 Å². The molecule has 3 N–H and O–H groups in total. The first kappa shape index (κ1) is 13.7. The summed E-state index contributed by atoms with van der Waals surface area (Å²) in [4.78, 5) is 4.19. The molecule has 0 spiro atoms. The average molecular weight is 375 g/mol. The number of ether oxygens (including phenoxy) is 1. The fourth-order valence-corrected chi connectivity index (χ4v) is 3.10. The number of halogens is 1. The maximum Gasteiger partial charge on any atom is 0.137 e. The van der Waals surface area contributed by atoms with Crippen molar-refractivity contribution < 1.29 is 4.74 Å². The molecule has 0 aliphatic rings. The van der Waals surface area contributed by atoms with E-state index in [1.807, 2.05) is 13.0 Å². The highest BCUT2D eigenvalue weighted by atomic mass is 127. The van der Waals surface area contributed by atoms with Crippen molar-refractivity contribution in [3.05, 3.63) is 43.9 Å². The van der Waals surface area contributed by atoms with Crippen LogP contribution >= 0.6 is 33.9 Å². The van der Waals surface area contributed by atoms with Crippen LogP contribution in [0.5, 0.6) is 5.75 Å². The van der Waals surface area contributed by atoms with Crippen LogP contribution in [0.1, 0.15) is 24.1 Å². The van der Waals surface area contributed by atoms with E-state index in [9.17, 15) is 0 Å². The number of hydrazine groups is 1. The zero-order chi connectivity index (χ0) is 13.0. The third-order valence-corrected chi connectivity index (χ3v) is 4.27. The fraction of sp³-hybridized carbons (Fsp3) is 0.250. The number of hydrogen-bond acceptors (Lipinski definition) is 5. The molecule has 0 saturated carbocycles. The van der Waals surface area contributed by atoms with Crippen LogP contribution in [0.4, 0.5) is 0 Å². The molecule has 1 atom stereocenters. The van der Waals surface area contributed by atoms with Gasteiger partial charge in [0.1, 0.15) is 5.75 Å². The van der Waals surface area contributed by atoms with Crippen LogP contribution in [0, 0.1) is 2.88 Å². The Morgan fingerprint density at radius 1 is 1.44 bits per heavy atom. The van der Waals surface area contributed by atoms with Gasteiger partial charge in [0.05, 0.1) is 21.7 Å². The van der Waals surface area contributed by atoms with Crippen molar-refractivity contribution in [3.63, 3.8) is 0 Å². The quantitative estimate of drug-likeness (QED) is 0.479. The highest BCUT2D eigenvalue weighted by Crippen LogP contribution is 2.28. The predicted octanol–water partition coefficient (Wildman–Crippen LogP) is 2.70. The summed E-state index contributed by atoms with van der Waals surface area (Å²) in [7, 11) is 0. The molecule has 18 heavy (non-hydrogen) atoms. The highest BCUT2D eigenvalue weighted by Gasteiger charge is 2.15. The summed E-state index contributed by atoms with van der Waals surface area (Å²) in [6.45, 7) is 2.58. The lowest BCUT2D eigenvalue weighted by atomic mass is 10.0. The van der Waals surface area contributed by atoms with E-state index in [-0.39, 0.29) is 6.04 Å². The highest BCUT2D eigenvalue weighted by molar-refractivity contribution is 14.1. The van der Waals surface area contributed by atoms with Gasteiger partial charge in [-0.25, -0.2) is 5.43 Å². The molecule has 4 nitrogen and oxygen atoms in total. The molecule has 0 aliphatic heterocycles. The number of nitrogens with zero attached hydrogens (tertiary/aromatic N) is 1. The summed E-state index contributed by atoms with van der Waals surface area (Å²) in [6, 6.07) is 4.02. The van der Waals surface area contributed by atoms with Crippen molar-refractivity contribution in [1.29, 1.82) is 0 Å². The first-order valence-corrected chi connectivity index (χ1v) is 7.48. The Labute approximate surface area is 124 Å². The maximum atomic E-state index is 5.65. The minimum atomic E-state index is -0.0577. The smallest absolute Gasteiger partial charge is 0.137 e. The van der Waals surface area contributed by atoms with Crippen molar-refractivity contribution in [2.75, 3.05) is 6.61 Å². The topological polar surface area (TPSA) is 60.2 Å². The minimum absolute atomic E-state index is 0.0577. The minimum Gasteiger partial charge on any atom is -0.492 e. The van der Waals surface area contributed by atoms with Crippen molar-refractivity contribution in [3.8, 4) is 5.75 Å². The normalized spacial score (nSPS) is 12.4. The third-order valence-electron chi connectivity index (χ3n) is 2.47. The molecule has 6 heteroatoms. The Morgan fingerprint density at radius 2 is 2.28 bits per heavy atom. The van der Waals surface area contributed by atoms with E-state index in [1.54, 1.807) is 23.7 Å². The standard InChI is InChI=1S/C12H14IN3OS/c1-2-17-10-3-8(5-15-6-10)12(16-14)9-4-11(13)18-7-9/h3-7,12,16H,2,14H2,1H3. The van der Waals surface area contributed by atoms with Gasteiger partial charge in [0.2, 0.25) is 0 Å². The Kier molecular flexibility index (Phi) is 4.93. The summed E-state index contributed by atoms with van der Waals surface area (Å²) in [6.07, 6.45) is 3.51. The van der Waals surface area contributed by atoms with Crippen LogP contribution < -0.4 is 16.0 Å². The molecule has 0 bridgehead atoms. The molecule has 0 amide bonds. The molecule has 2 rings (SSSR count). The SMILES string of the molecule is CCOc1cncc(C(NN)c2csc(I)c2)c1. The number of aromatic nitrogens is 1. The summed E-state index contributed by atoms with van der Waals surface area (Å²) in [5, 5.41) is 2.10. The molecule has 2 aromatic rings. The Bertz CT molecular complexity index is 518. The molecule has 1 unspecified atom stereocenters. The zero-order valence-corrected chi connectivity index (χ0v) is 12.9. The van der Waals surface area contributed by atoms with Crippen LogP contribution in [0.3, 0.4) is 0 Å². The first-order valence-electron chi connectivity index (χ1n) is 5.52. The second-order valence-electron chi connectivity index (χ2n) is 3.67. The molecular weight excluding hydrogens is 361 g/mol. The Morgan fingerprint density at radius 3 is 2.89 bits per heavy atom. The van der Waals surface area contributed by atoms with Gasteiger partial charge in [-0.15, -0.1) is 11.3 Å². The fourth-order valence-electron chi connectivity index (χ4n) is 1.70. The van der Waals surface area contributed by atoms with Gasteiger partial charge in [-0.2, -0.15) is 0 Å². The van der Waals surface area contributed by atoms with Gasteiger partial charge in [-0.05, 0) is 58.2 Å². The number of thiophene rings is 1. The third kappa shape index (κ3) is 3.19. The van der Waals surface area contributed by atoms with Gasteiger partial charge >= 0.3 is 0 Å². The van der Waals surface area contributed by atoms with Crippen LogP contribution in [0.15, 0.2) is 29.9 Å². The number of nitrogens with two attached hydrogens (primary N) is 1. The van der Waals surface area contributed by atoms with Gasteiger partial charge in [0.25, 0.3) is 0 Å². The van der Waals surface area contributed by atoms with E-state index >= 15 is 0 Å². The van der Waals surface area contributed by atoms with E-state index in [4.69, 9.17) is 10.6 Å². The summed E-state index contributed by atoms with van der Waals surface area (Å²) >= 11 is 4.00. The molecule has 0 fully saturated rings. The molecular formula is C12H14IN3OS. The van der Waals surface area contributed by atoms with Gasteiger partial charge < -0.3 is 4.74 Å². The maximum absolute atomic E-state index is 5.65. The lowest BCUT2D eigenvalue weighted by molar-refractivity contribution is 0.338. The Hall–Kier alpha value is -0.700. The summed E-state index contributed by atoms with van der Waals surface area (Å²) in [5.41, 5.74) is 4.96. The molecule has 0 aromatic carbocycles. The Balaban J connectivity index is 2.29. The number of nitrogens with one attached hydrogen (secondary N) is 1. The van der Waals surface area contributed by atoms with Gasteiger partial charge in [-0.3, -0.25) is 10.8 Å². The molecule has 0 saturated heterocycles. The molecule has 2 aromatic heterocycles. The van der Waals surface area contributed by atoms with E-state index in [0.29, 0.717) is 6.61 Å². The van der Waals surface area contributed by atoms with Gasteiger partial charge in [0, 0.05) is 6.20 Å². The van der Waals surface area contributed by atoms with E-state index in [0.717, 1.165) is 16.9 Å². The average Bonchev–Trinajstić information content (AvgIpc) is 2.78. The van der Waals surface area contributed by atoms with E-state index < -0.39 is 0 Å². The predicted molar refractivity (Wildman–Crippen MR) is 81.6 cm³/mol. The van der Waals surface area contributed by atoms with Crippen LogP contribution in [0.2, 0.25) is 0 Å². The molecule has 0 aliphatic carbocycles. The largest absolute Gasteiger partial charge is 0.492 e. The molecule has 0 radical (unpaired) electrons. The second kappa shape index (κ2) is 6.46. The summed E-state index contributed by atoms with van der Waals surface area (Å²) < 4.78 is 6.69. The van der Waals surface area contributed by atoms with E-state index in [2.05, 4.69) is 44.4 Å². The summed E-state index contributed by atoms with van der Waals surface area (Å²) in [5.74, 6) is 6.42. The lowest BCUT2D eigenvalue weighted by Gasteiger charge is -2.15. The molecule has 2 heterocycles. The van der Waals surface area contributed by atoms with Gasteiger partial charge in [-0.1, -0.05) is 0 Å². The zero-order valence-electron chi connectivity index (χ0n) is 9.89. The van der Waals surface area contributed by atoms with Crippen molar-refractivity contribution in [2.45, 2.75) is 13.0 Å². The van der Waals surface area contributed by atoms with Crippen molar-refractivity contribution in [1.82, 2.24) is 10.4 Å². The van der Waals surface area contributed by atoms with Crippen LogP contribution in [-0.4, -0.2) is 11.6 Å². The van der Waals surface area contributed by atoms with E-state index in [1.165, 1.54) is 2.88 Å². The number of pyridine rings is 1.